The van der Waals surface area contributed by atoms with Crippen LogP contribution in [-0.2, 0) is 10.0 Å². The maximum absolute atomic E-state index is 13.5. The minimum absolute atomic E-state index is 0.147. The van der Waals surface area contributed by atoms with E-state index in [9.17, 15) is 8.42 Å². The number of H-pyrrole nitrogens is 1. The Kier molecular flexibility index (Phi) is 5.93. The van der Waals surface area contributed by atoms with Crippen LogP contribution in [0, 0.1) is 11.8 Å². The number of sulfonamides is 1. The maximum atomic E-state index is 13.5. The molecule has 1 N–H and O–H groups in total. The number of nitrogens with one attached hydrogen (secondary N) is 1. The van der Waals surface area contributed by atoms with E-state index in [0.29, 0.717) is 17.4 Å². The average Bonchev–Trinajstić information content (AvgIpc) is 3.62. The molecule has 2 saturated carbocycles. The van der Waals surface area contributed by atoms with Crippen molar-refractivity contribution in [3.63, 3.8) is 0 Å². The molecule has 1 unspecified atom stereocenters. The molecular formula is C24H33N3O2S. The van der Waals surface area contributed by atoms with Crippen molar-refractivity contribution in [3.8, 4) is 0 Å². The predicted octanol–water partition coefficient (Wildman–Crippen LogP) is 3.45. The van der Waals surface area contributed by atoms with Gasteiger partial charge in [-0.1, -0.05) is 25.7 Å². The molecule has 0 saturated heterocycles. The Morgan fingerprint density at radius 2 is 2.20 bits per heavy atom. The normalized spacial score (nSPS) is 21.7. The standard InChI is InChI=1S/C24H33N3O2S/c1-4-24(12-13-24)27(30(28,29)19(3)17-20-8-9-20)16-11-18(2)23-21-10-15-25-22(21)7-5-6-14-26-23/h5,10,14-15,17-18,20,25H,4,6,8-9,11-13,16H2,1-3H3. The van der Waals surface area contributed by atoms with Gasteiger partial charge in [0.2, 0.25) is 10.0 Å². The Hall–Kier alpha value is -1.88. The van der Waals surface area contributed by atoms with Gasteiger partial charge in [-0.3, -0.25) is 4.99 Å². The molecule has 162 valence electrons. The van der Waals surface area contributed by atoms with Crippen LogP contribution in [0.15, 0.2) is 34.3 Å². The highest BCUT2D eigenvalue weighted by atomic mass is 32.2. The highest BCUT2D eigenvalue weighted by Gasteiger charge is 2.51. The van der Waals surface area contributed by atoms with Crippen LogP contribution in [-0.4, -0.2) is 36.0 Å². The fraction of sp³-hybridized carbons (Fsp3) is 0.583. The molecule has 0 radical (unpaired) electrons. The number of aromatic nitrogens is 1. The van der Waals surface area contributed by atoms with Crippen molar-refractivity contribution in [1.82, 2.24) is 9.29 Å². The largest absolute Gasteiger partial charge is 0.355 e. The van der Waals surface area contributed by atoms with Gasteiger partial charge in [0.25, 0.3) is 0 Å². The molecule has 1 aromatic rings. The highest BCUT2D eigenvalue weighted by Crippen LogP contribution is 2.47. The Morgan fingerprint density at radius 3 is 2.87 bits per heavy atom. The molecule has 6 heteroatoms. The predicted molar refractivity (Wildman–Crippen MR) is 123 cm³/mol. The summed E-state index contributed by atoms with van der Waals surface area (Å²) >= 11 is 0. The third kappa shape index (κ3) is 4.27. The zero-order valence-corrected chi connectivity index (χ0v) is 19.1. The first-order chi connectivity index (χ1) is 14.4. The lowest BCUT2D eigenvalue weighted by Crippen LogP contribution is -2.43. The lowest BCUT2D eigenvalue weighted by molar-refractivity contribution is 0.283. The van der Waals surface area contributed by atoms with E-state index in [0.717, 1.165) is 61.2 Å². The first-order valence-electron chi connectivity index (χ1n) is 11.2. The minimum atomic E-state index is -3.43. The second kappa shape index (κ2) is 8.33. The smallest absolute Gasteiger partial charge is 0.239 e. The third-order valence-electron chi connectivity index (χ3n) is 6.76. The van der Waals surface area contributed by atoms with Crippen molar-refractivity contribution in [1.29, 1.82) is 0 Å². The second-order valence-corrected chi connectivity index (χ2v) is 11.0. The lowest BCUT2D eigenvalue weighted by atomic mass is 10.0. The van der Waals surface area contributed by atoms with E-state index in [-0.39, 0.29) is 11.5 Å². The summed E-state index contributed by atoms with van der Waals surface area (Å²) < 4.78 is 28.8. The van der Waals surface area contributed by atoms with E-state index in [1.807, 2.05) is 34.9 Å². The van der Waals surface area contributed by atoms with E-state index in [2.05, 4.69) is 24.6 Å². The van der Waals surface area contributed by atoms with Crippen LogP contribution in [0.5, 0.6) is 0 Å². The molecule has 2 fully saturated rings. The van der Waals surface area contributed by atoms with Crippen LogP contribution in [0.4, 0.5) is 0 Å². The number of aliphatic imine (C=N–C) groups is 1. The number of rotatable bonds is 9. The molecule has 2 aliphatic carbocycles. The first-order valence-corrected chi connectivity index (χ1v) is 12.7. The van der Waals surface area contributed by atoms with Gasteiger partial charge in [0.05, 0.1) is 16.0 Å². The van der Waals surface area contributed by atoms with Crippen molar-refractivity contribution in [2.24, 2.45) is 16.8 Å². The van der Waals surface area contributed by atoms with Crippen molar-refractivity contribution >= 4 is 27.7 Å². The number of aromatic amines is 1. The second-order valence-electron chi connectivity index (χ2n) is 9.01. The van der Waals surface area contributed by atoms with Gasteiger partial charge in [0.15, 0.2) is 0 Å². The lowest BCUT2D eigenvalue weighted by Gasteiger charge is -2.31. The number of nitrogens with zero attached hydrogens (tertiary/aromatic N) is 2. The Morgan fingerprint density at radius 1 is 1.43 bits per heavy atom. The van der Waals surface area contributed by atoms with Gasteiger partial charge in [-0.15, -0.1) is 0 Å². The molecule has 30 heavy (non-hydrogen) atoms. The Labute approximate surface area is 180 Å². The molecular weight excluding hydrogens is 394 g/mol. The quantitative estimate of drug-likeness (QED) is 0.656. The monoisotopic (exact) mass is 427 g/mol. The van der Waals surface area contributed by atoms with Gasteiger partial charge >= 0.3 is 0 Å². The zero-order chi connectivity index (χ0) is 21.4. The summed E-state index contributed by atoms with van der Waals surface area (Å²) in [5, 5.41) is 2.01. The third-order valence-corrected chi connectivity index (χ3v) is 8.86. The van der Waals surface area contributed by atoms with Crippen LogP contribution in [0.1, 0.15) is 65.7 Å². The van der Waals surface area contributed by atoms with Crippen molar-refractivity contribution < 1.29 is 8.42 Å². The molecule has 0 amide bonds. The number of allylic oxidation sites excluding steroid dienone is 3. The van der Waals surface area contributed by atoms with Crippen LogP contribution < -0.4 is 10.6 Å². The van der Waals surface area contributed by atoms with Crippen LogP contribution in [0.3, 0.4) is 0 Å². The Bertz CT molecular complexity index is 1110. The molecule has 4 rings (SSSR count). The summed E-state index contributed by atoms with van der Waals surface area (Å²) in [6, 6.07) is 2.04. The van der Waals surface area contributed by atoms with E-state index in [4.69, 9.17) is 4.99 Å². The molecule has 0 bridgehead atoms. The van der Waals surface area contributed by atoms with Gasteiger partial charge < -0.3 is 4.98 Å². The fourth-order valence-electron chi connectivity index (χ4n) is 4.37. The van der Waals surface area contributed by atoms with Gasteiger partial charge in [-0.25, -0.2) is 8.42 Å². The van der Waals surface area contributed by atoms with E-state index in [1.54, 1.807) is 6.92 Å². The summed E-state index contributed by atoms with van der Waals surface area (Å²) in [6.07, 6.45) is 14.3. The van der Waals surface area contributed by atoms with Gasteiger partial charge in [0, 0.05) is 42.1 Å². The summed E-state index contributed by atoms with van der Waals surface area (Å²) in [5.41, 5.74) is 4.11. The van der Waals surface area contributed by atoms with Crippen LogP contribution in [0.2, 0.25) is 0 Å². The summed E-state index contributed by atoms with van der Waals surface area (Å²) in [6.45, 7) is 6.57. The van der Waals surface area contributed by atoms with Crippen LogP contribution in [0.25, 0.3) is 11.4 Å². The number of fused-ring (bicyclic) bond motifs is 1. The van der Waals surface area contributed by atoms with Gasteiger partial charge in [-0.2, -0.15) is 4.31 Å². The number of hydrogen-bond acceptors (Lipinski definition) is 3. The van der Waals surface area contributed by atoms with Crippen molar-refractivity contribution in [3.05, 3.63) is 39.9 Å². The Balaban J connectivity index is 1.61. The summed E-state index contributed by atoms with van der Waals surface area (Å²) in [4.78, 5) is 8.50. The van der Waals surface area contributed by atoms with Gasteiger partial charge in [-0.05, 0) is 63.5 Å². The summed E-state index contributed by atoms with van der Waals surface area (Å²) in [5.74, 6) is 0.599. The molecule has 0 aromatic carbocycles. The van der Waals surface area contributed by atoms with Gasteiger partial charge in [0.1, 0.15) is 0 Å². The van der Waals surface area contributed by atoms with Crippen molar-refractivity contribution in [2.75, 3.05) is 6.54 Å². The minimum Gasteiger partial charge on any atom is -0.355 e. The van der Waals surface area contributed by atoms with Crippen molar-refractivity contribution in [2.45, 2.75) is 71.3 Å². The fourth-order valence-corrected chi connectivity index (χ4v) is 6.25. The SMILES string of the molecule is CCC1(N(CCC(C)C2=c3cc[nH]c3=C=CCC=N2)S(=O)(=O)C(C)=CC2CC2)CC1. The van der Waals surface area contributed by atoms with Crippen LogP contribution >= 0.6 is 0 Å². The first kappa shape index (κ1) is 21.4. The highest BCUT2D eigenvalue weighted by molar-refractivity contribution is 7.93. The van der Waals surface area contributed by atoms with E-state index < -0.39 is 10.0 Å². The molecule has 5 nitrogen and oxygen atoms in total. The zero-order valence-electron chi connectivity index (χ0n) is 18.3. The molecule has 1 aromatic heterocycles. The van der Waals surface area contributed by atoms with E-state index >= 15 is 0 Å². The average molecular weight is 428 g/mol. The molecule has 1 aliphatic heterocycles. The van der Waals surface area contributed by atoms with E-state index in [1.165, 1.54) is 0 Å². The molecule has 3 aliphatic rings. The molecule has 2 heterocycles. The topological polar surface area (TPSA) is 65.5 Å². The molecule has 0 spiro atoms. The maximum Gasteiger partial charge on any atom is 0.239 e. The number of hydrogen-bond donors (Lipinski definition) is 1. The molecule has 1 atom stereocenters. The summed E-state index contributed by atoms with van der Waals surface area (Å²) in [7, 11) is -3.43.